The van der Waals surface area contributed by atoms with Crippen LogP contribution in [0.15, 0.2) is 12.3 Å². The predicted octanol–water partition coefficient (Wildman–Crippen LogP) is 3.10. The first-order valence-corrected chi connectivity index (χ1v) is 4.88. The van der Waals surface area contributed by atoms with Crippen LogP contribution in [0.5, 0.6) is 5.75 Å². The van der Waals surface area contributed by atoms with Gasteiger partial charge in [-0.2, -0.15) is 13.2 Å². The number of aromatic nitrogens is 1. The standard InChI is InChI=1S/C8H7F3INO/c1-2-14-6-4-13-7(3-5(6)12)8(9,10)11/h3-4H,2H2,1H3. The average molecular weight is 317 g/mol. The van der Waals surface area contributed by atoms with E-state index in [9.17, 15) is 13.2 Å². The Morgan fingerprint density at radius 2 is 2.14 bits per heavy atom. The van der Waals surface area contributed by atoms with Crippen molar-refractivity contribution in [3.63, 3.8) is 0 Å². The van der Waals surface area contributed by atoms with Gasteiger partial charge in [0, 0.05) is 0 Å². The van der Waals surface area contributed by atoms with Crippen molar-refractivity contribution in [1.29, 1.82) is 0 Å². The number of ether oxygens (including phenoxy) is 1. The second kappa shape index (κ2) is 4.33. The van der Waals surface area contributed by atoms with Gasteiger partial charge in [-0.05, 0) is 35.6 Å². The van der Waals surface area contributed by atoms with Gasteiger partial charge in [0.15, 0.2) is 5.75 Å². The average Bonchev–Trinajstić information content (AvgIpc) is 2.07. The van der Waals surface area contributed by atoms with Crippen LogP contribution in [0.3, 0.4) is 0 Å². The zero-order valence-corrected chi connectivity index (χ0v) is 9.39. The van der Waals surface area contributed by atoms with Crippen molar-refractivity contribution in [3.05, 3.63) is 21.5 Å². The van der Waals surface area contributed by atoms with Crippen molar-refractivity contribution >= 4 is 22.6 Å². The summed E-state index contributed by atoms with van der Waals surface area (Å²) >= 11 is 1.78. The first kappa shape index (κ1) is 11.5. The summed E-state index contributed by atoms with van der Waals surface area (Å²) in [6, 6.07) is 0.964. The number of pyridine rings is 1. The largest absolute Gasteiger partial charge is 0.491 e. The molecule has 6 heteroatoms. The Bertz CT molecular complexity index is 327. The number of hydrogen-bond acceptors (Lipinski definition) is 2. The Kier molecular flexibility index (Phi) is 3.57. The highest BCUT2D eigenvalue weighted by Gasteiger charge is 2.32. The summed E-state index contributed by atoms with van der Waals surface area (Å²) in [5.74, 6) is 0.376. The lowest BCUT2D eigenvalue weighted by Gasteiger charge is -2.09. The molecule has 0 aliphatic heterocycles. The van der Waals surface area contributed by atoms with Gasteiger partial charge in [-0.15, -0.1) is 0 Å². The van der Waals surface area contributed by atoms with E-state index < -0.39 is 11.9 Å². The molecular formula is C8H7F3INO. The maximum absolute atomic E-state index is 12.2. The van der Waals surface area contributed by atoms with Gasteiger partial charge in [-0.25, -0.2) is 4.98 Å². The summed E-state index contributed by atoms with van der Waals surface area (Å²) in [6.07, 6.45) is -3.31. The third kappa shape index (κ3) is 2.73. The molecule has 1 heterocycles. The molecule has 0 saturated carbocycles. The van der Waals surface area contributed by atoms with E-state index in [0.717, 1.165) is 12.3 Å². The van der Waals surface area contributed by atoms with Gasteiger partial charge in [0.2, 0.25) is 0 Å². The smallest absolute Gasteiger partial charge is 0.433 e. The van der Waals surface area contributed by atoms with Gasteiger partial charge >= 0.3 is 6.18 Å². The molecule has 0 aliphatic rings. The van der Waals surface area contributed by atoms with Crippen molar-refractivity contribution in [2.45, 2.75) is 13.1 Å². The fourth-order valence-corrected chi connectivity index (χ4v) is 1.42. The number of hydrogen-bond donors (Lipinski definition) is 0. The van der Waals surface area contributed by atoms with Gasteiger partial charge in [-0.3, -0.25) is 0 Å². The van der Waals surface area contributed by atoms with E-state index in [1.165, 1.54) is 0 Å². The molecule has 0 amide bonds. The SMILES string of the molecule is CCOc1cnc(C(F)(F)F)cc1I. The van der Waals surface area contributed by atoms with Crippen LogP contribution < -0.4 is 4.74 Å². The molecule has 1 aromatic rings. The van der Waals surface area contributed by atoms with Crippen LogP contribution in [0.2, 0.25) is 0 Å². The van der Waals surface area contributed by atoms with E-state index in [2.05, 4.69) is 4.98 Å². The molecule has 0 radical (unpaired) electrons. The van der Waals surface area contributed by atoms with Crippen LogP contribution in [0.4, 0.5) is 13.2 Å². The summed E-state index contributed by atoms with van der Waals surface area (Å²) in [5.41, 5.74) is -0.898. The van der Waals surface area contributed by atoms with Crippen LogP contribution in [-0.4, -0.2) is 11.6 Å². The van der Waals surface area contributed by atoms with E-state index in [1.54, 1.807) is 29.5 Å². The predicted molar refractivity (Wildman–Crippen MR) is 53.1 cm³/mol. The highest BCUT2D eigenvalue weighted by molar-refractivity contribution is 14.1. The van der Waals surface area contributed by atoms with Crippen LogP contribution in [-0.2, 0) is 6.18 Å². The Balaban J connectivity index is 3.01. The Morgan fingerprint density at radius 3 is 2.57 bits per heavy atom. The second-order valence-corrected chi connectivity index (χ2v) is 3.59. The summed E-state index contributed by atoms with van der Waals surface area (Å²) in [5, 5.41) is 0. The lowest BCUT2D eigenvalue weighted by molar-refractivity contribution is -0.141. The number of halogens is 4. The summed E-state index contributed by atoms with van der Waals surface area (Å²) in [7, 11) is 0. The third-order valence-electron chi connectivity index (χ3n) is 1.41. The zero-order valence-electron chi connectivity index (χ0n) is 7.23. The minimum atomic E-state index is -4.40. The second-order valence-electron chi connectivity index (χ2n) is 2.43. The monoisotopic (exact) mass is 317 g/mol. The van der Waals surface area contributed by atoms with Gasteiger partial charge in [0.05, 0.1) is 16.4 Å². The molecular weight excluding hydrogens is 310 g/mol. The van der Waals surface area contributed by atoms with Crippen LogP contribution in [0, 0.1) is 3.57 Å². The van der Waals surface area contributed by atoms with E-state index in [1.807, 2.05) is 0 Å². The van der Waals surface area contributed by atoms with Crippen molar-refractivity contribution in [3.8, 4) is 5.75 Å². The quantitative estimate of drug-likeness (QED) is 0.782. The highest BCUT2D eigenvalue weighted by atomic mass is 127. The van der Waals surface area contributed by atoms with Crippen LogP contribution in [0.25, 0.3) is 0 Å². The minimum absolute atomic E-state index is 0.376. The fraction of sp³-hybridized carbons (Fsp3) is 0.375. The normalized spacial score (nSPS) is 11.5. The van der Waals surface area contributed by atoms with Crippen LogP contribution in [0.1, 0.15) is 12.6 Å². The maximum atomic E-state index is 12.2. The molecule has 14 heavy (non-hydrogen) atoms. The van der Waals surface area contributed by atoms with Gasteiger partial charge < -0.3 is 4.74 Å². The zero-order chi connectivity index (χ0) is 10.8. The molecule has 1 aromatic heterocycles. The van der Waals surface area contributed by atoms with Gasteiger partial charge in [0.1, 0.15) is 5.69 Å². The number of nitrogens with zero attached hydrogens (tertiary/aromatic N) is 1. The van der Waals surface area contributed by atoms with Crippen molar-refractivity contribution in [2.24, 2.45) is 0 Å². The molecule has 0 atom stereocenters. The van der Waals surface area contributed by atoms with Crippen molar-refractivity contribution in [2.75, 3.05) is 6.61 Å². The molecule has 78 valence electrons. The molecule has 2 nitrogen and oxygen atoms in total. The van der Waals surface area contributed by atoms with Gasteiger partial charge in [-0.1, -0.05) is 0 Å². The number of rotatable bonds is 2. The molecule has 1 rings (SSSR count). The maximum Gasteiger partial charge on any atom is 0.433 e. The van der Waals surface area contributed by atoms with Crippen molar-refractivity contribution in [1.82, 2.24) is 4.98 Å². The molecule has 0 N–H and O–H groups in total. The topological polar surface area (TPSA) is 22.1 Å². The lowest BCUT2D eigenvalue weighted by Crippen LogP contribution is -2.08. The molecule has 0 bridgehead atoms. The van der Waals surface area contributed by atoms with E-state index >= 15 is 0 Å². The molecule has 0 aliphatic carbocycles. The first-order valence-electron chi connectivity index (χ1n) is 3.80. The highest BCUT2D eigenvalue weighted by Crippen LogP contribution is 2.30. The Labute approximate surface area is 92.6 Å². The summed E-state index contributed by atoms with van der Waals surface area (Å²) in [6.45, 7) is 2.16. The van der Waals surface area contributed by atoms with E-state index in [0.29, 0.717) is 15.9 Å². The Morgan fingerprint density at radius 1 is 1.50 bits per heavy atom. The molecule has 0 aromatic carbocycles. The van der Waals surface area contributed by atoms with Crippen molar-refractivity contribution < 1.29 is 17.9 Å². The minimum Gasteiger partial charge on any atom is -0.491 e. The van der Waals surface area contributed by atoms with Gasteiger partial charge in [0.25, 0.3) is 0 Å². The third-order valence-corrected chi connectivity index (χ3v) is 2.25. The van der Waals surface area contributed by atoms with E-state index in [-0.39, 0.29) is 0 Å². The summed E-state index contributed by atoms with van der Waals surface area (Å²) < 4.78 is 42.0. The fourth-order valence-electron chi connectivity index (χ4n) is 0.835. The molecule has 0 saturated heterocycles. The lowest BCUT2D eigenvalue weighted by atomic mass is 10.3. The molecule has 0 spiro atoms. The molecule has 0 unspecified atom stereocenters. The molecule has 0 fully saturated rings. The Hall–Kier alpha value is -0.530. The van der Waals surface area contributed by atoms with Crippen LogP contribution >= 0.6 is 22.6 Å². The first-order chi connectivity index (χ1) is 6.45. The van der Waals surface area contributed by atoms with E-state index in [4.69, 9.17) is 4.74 Å². The number of alkyl halides is 3. The summed E-state index contributed by atoms with van der Waals surface area (Å²) in [4.78, 5) is 3.27.